The number of hydrogen-bond donors (Lipinski definition) is 2. The highest BCUT2D eigenvalue weighted by Gasteiger charge is 2.30. The summed E-state index contributed by atoms with van der Waals surface area (Å²) in [4.78, 5) is 0.155. The summed E-state index contributed by atoms with van der Waals surface area (Å²) in [5.41, 5.74) is 6.44. The smallest absolute Gasteiger partial charge is 0.181 e. The van der Waals surface area contributed by atoms with Crippen LogP contribution in [0, 0.1) is 0 Å². The third kappa shape index (κ3) is 2.37. The number of anilines is 1. The maximum atomic E-state index is 11.9. The molecule has 0 bridgehead atoms. The standard InChI is InChI=1S/C11H19N3O3S/c1-18(16,17)10-9(8-4-2-3-5-8)13-14(6-7-15)11(10)12/h8,15H,2-7,12H2,1H3. The van der Waals surface area contributed by atoms with Gasteiger partial charge in [-0.1, -0.05) is 12.8 Å². The Kier molecular flexibility index (Phi) is 3.63. The maximum Gasteiger partial charge on any atom is 0.181 e. The summed E-state index contributed by atoms with van der Waals surface area (Å²) in [5.74, 6) is 0.324. The molecule has 0 unspecified atom stereocenters. The van der Waals surface area contributed by atoms with Crippen LogP contribution in [0.5, 0.6) is 0 Å². The number of nitrogen functional groups attached to an aromatic ring is 1. The molecule has 0 aliphatic heterocycles. The first kappa shape index (κ1) is 13.4. The number of nitrogens with two attached hydrogens (primary N) is 1. The summed E-state index contributed by atoms with van der Waals surface area (Å²) in [7, 11) is -3.39. The van der Waals surface area contributed by atoms with Crippen molar-refractivity contribution >= 4 is 15.7 Å². The summed E-state index contributed by atoms with van der Waals surface area (Å²) >= 11 is 0. The normalized spacial score (nSPS) is 17.4. The molecule has 1 aliphatic carbocycles. The third-order valence-corrected chi connectivity index (χ3v) is 4.56. The number of aliphatic hydroxyl groups excluding tert-OH is 1. The second-order valence-electron chi connectivity index (χ2n) is 4.80. The summed E-state index contributed by atoms with van der Waals surface area (Å²) in [5, 5.41) is 13.2. The highest BCUT2D eigenvalue weighted by atomic mass is 32.2. The number of rotatable bonds is 4. The van der Waals surface area contributed by atoms with Gasteiger partial charge in [-0.15, -0.1) is 0 Å². The topological polar surface area (TPSA) is 98.2 Å². The fraction of sp³-hybridized carbons (Fsp3) is 0.727. The fourth-order valence-corrected chi connectivity index (χ4v) is 3.66. The van der Waals surface area contributed by atoms with Gasteiger partial charge in [0.05, 0.1) is 18.8 Å². The molecule has 1 aromatic heterocycles. The van der Waals surface area contributed by atoms with Gasteiger partial charge in [0.2, 0.25) is 0 Å². The molecular formula is C11H19N3O3S. The molecule has 0 spiro atoms. The molecule has 0 amide bonds. The molecule has 18 heavy (non-hydrogen) atoms. The first-order valence-electron chi connectivity index (χ1n) is 6.12. The van der Waals surface area contributed by atoms with Crippen molar-refractivity contribution in [2.75, 3.05) is 18.6 Å². The molecule has 1 aromatic rings. The molecule has 0 aromatic carbocycles. The predicted octanol–water partition coefficient (Wildman–Crippen LogP) is 0.519. The van der Waals surface area contributed by atoms with Gasteiger partial charge in [-0.2, -0.15) is 5.10 Å². The van der Waals surface area contributed by atoms with Crippen LogP contribution in [0.3, 0.4) is 0 Å². The van der Waals surface area contributed by atoms with E-state index >= 15 is 0 Å². The molecule has 7 heteroatoms. The first-order valence-corrected chi connectivity index (χ1v) is 8.01. The molecule has 1 saturated carbocycles. The molecule has 1 heterocycles. The summed E-state index contributed by atoms with van der Waals surface area (Å²) in [6, 6.07) is 0. The molecule has 102 valence electrons. The van der Waals surface area contributed by atoms with Gasteiger partial charge in [0.15, 0.2) is 9.84 Å². The number of aliphatic hydroxyl groups is 1. The molecule has 1 aliphatic rings. The fourth-order valence-electron chi connectivity index (χ4n) is 2.59. The summed E-state index contributed by atoms with van der Waals surface area (Å²) < 4.78 is 25.1. The van der Waals surface area contributed by atoms with E-state index in [0.717, 1.165) is 31.9 Å². The molecule has 1 fully saturated rings. The van der Waals surface area contributed by atoms with E-state index in [1.54, 1.807) is 0 Å². The van der Waals surface area contributed by atoms with Crippen molar-refractivity contribution in [2.24, 2.45) is 0 Å². The first-order chi connectivity index (χ1) is 8.45. The Morgan fingerprint density at radius 2 is 2.06 bits per heavy atom. The maximum absolute atomic E-state index is 11.9. The summed E-state index contributed by atoms with van der Waals surface area (Å²) in [6.45, 7) is 0.111. The number of nitrogens with zero attached hydrogens (tertiary/aromatic N) is 2. The van der Waals surface area contributed by atoms with E-state index in [1.807, 2.05) is 0 Å². The number of hydrogen-bond acceptors (Lipinski definition) is 5. The quantitative estimate of drug-likeness (QED) is 0.833. The highest BCUT2D eigenvalue weighted by molar-refractivity contribution is 7.91. The second kappa shape index (κ2) is 4.89. The van der Waals surface area contributed by atoms with Gasteiger partial charge < -0.3 is 10.8 Å². The monoisotopic (exact) mass is 273 g/mol. The zero-order chi connectivity index (χ0) is 13.3. The van der Waals surface area contributed by atoms with Gasteiger partial charge in [-0.05, 0) is 12.8 Å². The van der Waals surface area contributed by atoms with Gasteiger partial charge in [0.25, 0.3) is 0 Å². The minimum Gasteiger partial charge on any atom is -0.394 e. The predicted molar refractivity (Wildman–Crippen MR) is 68.0 cm³/mol. The lowest BCUT2D eigenvalue weighted by Gasteiger charge is -2.07. The average Bonchev–Trinajstić information content (AvgIpc) is 2.86. The van der Waals surface area contributed by atoms with Crippen LogP contribution in [-0.4, -0.2) is 36.2 Å². The van der Waals surface area contributed by atoms with Crippen LogP contribution < -0.4 is 5.73 Å². The Labute approximate surface area is 107 Å². The molecule has 0 radical (unpaired) electrons. The lowest BCUT2D eigenvalue weighted by Crippen LogP contribution is -2.09. The Morgan fingerprint density at radius 3 is 2.56 bits per heavy atom. The van der Waals surface area contributed by atoms with E-state index in [0.29, 0.717) is 5.69 Å². The van der Waals surface area contributed by atoms with Crippen molar-refractivity contribution in [2.45, 2.75) is 43.0 Å². The highest BCUT2D eigenvalue weighted by Crippen LogP contribution is 2.38. The van der Waals surface area contributed by atoms with Crippen LogP contribution in [0.2, 0.25) is 0 Å². The van der Waals surface area contributed by atoms with Gasteiger partial charge in [0, 0.05) is 12.2 Å². The SMILES string of the molecule is CS(=O)(=O)c1c(C2CCCC2)nn(CCO)c1N. The van der Waals surface area contributed by atoms with E-state index in [1.165, 1.54) is 4.68 Å². The van der Waals surface area contributed by atoms with E-state index in [2.05, 4.69) is 5.10 Å². The van der Waals surface area contributed by atoms with Gasteiger partial charge in [-0.3, -0.25) is 0 Å². The zero-order valence-electron chi connectivity index (χ0n) is 10.5. The van der Waals surface area contributed by atoms with Crippen molar-refractivity contribution in [3.63, 3.8) is 0 Å². The van der Waals surface area contributed by atoms with E-state index in [4.69, 9.17) is 10.8 Å². The molecule has 0 saturated heterocycles. The lowest BCUT2D eigenvalue weighted by atomic mass is 10.0. The zero-order valence-corrected chi connectivity index (χ0v) is 11.3. The van der Waals surface area contributed by atoms with Crippen LogP contribution in [0.4, 0.5) is 5.82 Å². The van der Waals surface area contributed by atoms with Crippen molar-refractivity contribution in [3.05, 3.63) is 5.69 Å². The molecule has 3 N–H and O–H groups in total. The van der Waals surface area contributed by atoms with Gasteiger partial charge in [0.1, 0.15) is 10.7 Å². The second-order valence-corrected chi connectivity index (χ2v) is 6.75. The lowest BCUT2D eigenvalue weighted by molar-refractivity contribution is 0.270. The van der Waals surface area contributed by atoms with Crippen LogP contribution in [0.15, 0.2) is 4.90 Å². The van der Waals surface area contributed by atoms with E-state index in [9.17, 15) is 8.42 Å². The molecule has 0 atom stereocenters. The Balaban J connectivity index is 2.52. The largest absolute Gasteiger partial charge is 0.394 e. The van der Waals surface area contributed by atoms with Crippen molar-refractivity contribution in [3.8, 4) is 0 Å². The third-order valence-electron chi connectivity index (χ3n) is 3.40. The van der Waals surface area contributed by atoms with Crippen LogP contribution in [-0.2, 0) is 16.4 Å². The van der Waals surface area contributed by atoms with Gasteiger partial charge in [-0.25, -0.2) is 13.1 Å². The number of sulfone groups is 1. The summed E-state index contributed by atoms with van der Waals surface area (Å²) in [6.07, 6.45) is 5.26. The average molecular weight is 273 g/mol. The van der Waals surface area contributed by atoms with Crippen LogP contribution in [0.1, 0.15) is 37.3 Å². The molecule has 6 nitrogen and oxygen atoms in total. The molecule has 2 rings (SSSR count). The Morgan fingerprint density at radius 1 is 1.44 bits per heavy atom. The minimum absolute atomic E-state index is 0.112. The Bertz CT molecular complexity index is 530. The van der Waals surface area contributed by atoms with E-state index in [-0.39, 0.29) is 29.8 Å². The minimum atomic E-state index is -3.39. The van der Waals surface area contributed by atoms with Crippen LogP contribution in [0.25, 0.3) is 0 Å². The van der Waals surface area contributed by atoms with Gasteiger partial charge >= 0.3 is 0 Å². The number of aromatic nitrogens is 2. The van der Waals surface area contributed by atoms with Crippen molar-refractivity contribution in [1.29, 1.82) is 0 Å². The van der Waals surface area contributed by atoms with E-state index < -0.39 is 9.84 Å². The van der Waals surface area contributed by atoms with Crippen LogP contribution >= 0.6 is 0 Å². The van der Waals surface area contributed by atoms with Crippen molar-refractivity contribution < 1.29 is 13.5 Å². The molecular weight excluding hydrogens is 254 g/mol. The van der Waals surface area contributed by atoms with Crippen molar-refractivity contribution in [1.82, 2.24) is 9.78 Å². The Hall–Kier alpha value is -1.08.